The van der Waals surface area contributed by atoms with E-state index in [4.69, 9.17) is 4.74 Å². The van der Waals surface area contributed by atoms with Gasteiger partial charge < -0.3 is 15.4 Å². The third-order valence-electron chi connectivity index (χ3n) is 4.99. The molecule has 1 aliphatic rings. The predicted molar refractivity (Wildman–Crippen MR) is 129 cm³/mol. The molecule has 1 aromatic heterocycles. The van der Waals surface area contributed by atoms with Gasteiger partial charge in [-0.2, -0.15) is 0 Å². The number of halogens is 2. The van der Waals surface area contributed by atoms with Gasteiger partial charge in [-0.05, 0) is 50.6 Å². The third kappa shape index (κ3) is 7.39. The lowest BCUT2D eigenvalue weighted by atomic mass is 10.2. The van der Waals surface area contributed by atoms with Crippen molar-refractivity contribution in [3.8, 4) is 11.6 Å². The summed E-state index contributed by atoms with van der Waals surface area (Å²) in [6.45, 7) is 8.79. The number of aromatic nitrogens is 1. The van der Waals surface area contributed by atoms with Crippen molar-refractivity contribution in [2.75, 3.05) is 26.2 Å². The van der Waals surface area contributed by atoms with Gasteiger partial charge in [0, 0.05) is 37.5 Å². The average molecular weight is 527 g/mol. The highest BCUT2D eigenvalue weighted by Crippen LogP contribution is 2.20. The molecule has 2 N–H and O–H groups in total. The highest BCUT2D eigenvalue weighted by molar-refractivity contribution is 14.0. The van der Waals surface area contributed by atoms with Crippen molar-refractivity contribution >= 4 is 29.9 Å². The summed E-state index contributed by atoms with van der Waals surface area (Å²) in [5.41, 5.74) is 0.977. The van der Waals surface area contributed by atoms with E-state index in [-0.39, 0.29) is 29.8 Å². The van der Waals surface area contributed by atoms with Crippen LogP contribution in [0.4, 0.5) is 4.39 Å². The summed E-state index contributed by atoms with van der Waals surface area (Å²) in [5, 5.41) is 6.76. The Kier molecular flexibility index (Phi) is 10.3. The van der Waals surface area contributed by atoms with Crippen LogP contribution in [0.1, 0.15) is 32.3 Å². The zero-order valence-electron chi connectivity index (χ0n) is 17.6. The first-order valence-corrected chi connectivity index (χ1v) is 10.3. The number of benzene rings is 1. The van der Waals surface area contributed by atoms with E-state index in [0.717, 1.165) is 31.2 Å². The van der Waals surface area contributed by atoms with E-state index in [1.165, 1.54) is 31.5 Å². The molecule has 1 aromatic carbocycles. The van der Waals surface area contributed by atoms with E-state index in [1.54, 1.807) is 24.4 Å². The third-order valence-corrected chi connectivity index (χ3v) is 4.99. The number of nitrogens with zero attached hydrogens (tertiary/aromatic N) is 3. The minimum absolute atomic E-state index is 0. The number of nitrogens with one attached hydrogen (secondary N) is 2. The molecular formula is C22H31FIN5O. The number of likely N-dealkylation sites (N-methyl/N-ethyl adjacent to an activating group) is 1. The summed E-state index contributed by atoms with van der Waals surface area (Å²) in [6, 6.07) is 10.3. The Morgan fingerprint density at radius 2 is 2.13 bits per heavy atom. The second-order valence-electron chi connectivity index (χ2n) is 7.06. The Balaban J connectivity index is 0.00000320. The Morgan fingerprint density at radius 3 is 2.83 bits per heavy atom. The number of rotatable bonds is 8. The minimum atomic E-state index is -0.337. The number of ether oxygens (including phenoxy) is 1. The van der Waals surface area contributed by atoms with Crippen LogP contribution < -0.4 is 15.4 Å². The Morgan fingerprint density at radius 1 is 1.27 bits per heavy atom. The maximum absolute atomic E-state index is 13.2. The second-order valence-corrected chi connectivity index (χ2v) is 7.06. The molecule has 1 fully saturated rings. The van der Waals surface area contributed by atoms with Crippen LogP contribution >= 0.6 is 24.0 Å². The van der Waals surface area contributed by atoms with E-state index in [0.29, 0.717) is 24.2 Å². The Labute approximate surface area is 195 Å². The van der Waals surface area contributed by atoms with E-state index in [9.17, 15) is 4.39 Å². The second kappa shape index (κ2) is 12.7. The van der Waals surface area contributed by atoms with E-state index in [2.05, 4.69) is 39.4 Å². The zero-order chi connectivity index (χ0) is 20.5. The smallest absolute Gasteiger partial charge is 0.219 e. The van der Waals surface area contributed by atoms with Gasteiger partial charge in [-0.1, -0.05) is 19.1 Å². The first-order chi connectivity index (χ1) is 14.2. The zero-order valence-corrected chi connectivity index (χ0v) is 19.9. The normalized spacial score (nSPS) is 16.8. The van der Waals surface area contributed by atoms with Crippen molar-refractivity contribution in [1.82, 2.24) is 20.5 Å². The van der Waals surface area contributed by atoms with Gasteiger partial charge in [-0.15, -0.1) is 24.0 Å². The SMILES string of the molecule is CCNC(=NCc1ccc(Oc2cccc(F)c2)nc1)NCC1CCCN1CC.I. The molecule has 6 nitrogen and oxygen atoms in total. The summed E-state index contributed by atoms with van der Waals surface area (Å²) in [5.74, 6) is 1.33. The number of pyridine rings is 1. The molecular weight excluding hydrogens is 496 g/mol. The summed E-state index contributed by atoms with van der Waals surface area (Å²) >= 11 is 0. The lowest BCUT2D eigenvalue weighted by Gasteiger charge is -2.24. The lowest BCUT2D eigenvalue weighted by molar-refractivity contribution is 0.267. The number of guanidine groups is 1. The van der Waals surface area contributed by atoms with Crippen LogP contribution in [-0.2, 0) is 6.54 Å². The standard InChI is InChI=1S/C22H30FN5O.HI/c1-3-24-22(27-16-19-8-6-12-28(19)4-2)26-15-17-10-11-21(25-14-17)29-20-9-5-7-18(23)13-20;/h5,7,9-11,13-14,19H,3-4,6,8,12,15-16H2,1-2H3,(H2,24,26,27);1H. The topological polar surface area (TPSA) is 61.8 Å². The number of likely N-dealkylation sites (tertiary alicyclic amines) is 1. The van der Waals surface area contributed by atoms with Gasteiger partial charge in [0.25, 0.3) is 0 Å². The molecule has 8 heteroatoms. The molecule has 0 saturated carbocycles. The summed E-state index contributed by atoms with van der Waals surface area (Å²) in [7, 11) is 0. The van der Waals surface area contributed by atoms with Crippen molar-refractivity contribution in [3.63, 3.8) is 0 Å². The van der Waals surface area contributed by atoms with Gasteiger partial charge in [-0.25, -0.2) is 14.4 Å². The molecule has 1 unspecified atom stereocenters. The minimum Gasteiger partial charge on any atom is -0.439 e. The van der Waals surface area contributed by atoms with Crippen molar-refractivity contribution in [3.05, 3.63) is 54.0 Å². The van der Waals surface area contributed by atoms with Gasteiger partial charge in [0.2, 0.25) is 5.88 Å². The molecule has 1 atom stereocenters. The summed E-state index contributed by atoms with van der Waals surface area (Å²) < 4.78 is 18.8. The molecule has 164 valence electrons. The lowest BCUT2D eigenvalue weighted by Crippen LogP contribution is -2.44. The van der Waals surface area contributed by atoms with Crippen LogP contribution in [0.5, 0.6) is 11.6 Å². The number of aliphatic imine (C=N–C) groups is 1. The largest absolute Gasteiger partial charge is 0.439 e. The molecule has 0 radical (unpaired) electrons. The Hall–Kier alpha value is -1.94. The van der Waals surface area contributed by atoms with Gasteiger partial charge in [0.05, 0.1) is 6.54 Å². The summed E-state index contributed by atoms with van der Waals surface area (Å²) in [4.78, 5) is 11.5. The van der Waals surface area contributed by atoms with Crippen LogP contribution in [0, 0.1) is 5.82 Å². The molecule has 1 saturated heterocycles. The molecule has 30 heavy (non-hydrogen) atoms. The maximum Gasteiger partial charge on any atom is 0.219 e. The molecule has 0 spiro atoms. The molecule has 0 aliphatic carbocycles. The fourth-order valence-electron chi connectivity index (χ4n) is 3.49. The van der Waals surface area contributed by atoms with E-state index >= 15 is 0 Å². The van der Waals surface area contributed by atoms with Crippen LogP contribution in [0.3, 0.4) is 0 Å². The van der Waals surface area contributed by atoms with Crippen LogP contribution in [-0.4, -0.2) is 48.1 Å². The first kappa shape index (κ1) is 24.3. The first-order valence-electron chi connectivity index (χ1n) is 10.3. The van der Waals surface area contributed by atoms with Gasteiger partial charge >= 0.3 is 0 Å². The number of hydrogen-bond donors (Lipinski definition) is 2. The number of hydrogen-bond acceptors (Lipinski definition) is 4. The van der Waals surface area contributed by atoms with Crippen molar-refractivity contribution in [2.24, 2.45) is 4.99 Å². The fraction of sp³-hybridized carbons (Fsp3) is 0.455. The van der Waals surface area contributed by atoms with Gasteiger partial charge in [0.15, 0.2) is 5.96 Å². The molecule has 0 amide bonds. The van der Waals surface area contributed by atoms with Crippen molar-refractivity contribution in [2.45, 2.75) is 39.3 Å². The molecule has 1 aliphatic heterocycles. The van der Waals surface area contributed by atoms with Crippen LogP contribution in [0.25, 0.3) is 0 Å². The molecule has 2 aromatic rings. The van der Waals surface area contributed by atoms with Crippen LogP contribution in [0.15, 0.2) is 47.6 Å². The Bertz CT molecular complexity index is 802. The van der Waals surface area contributed by atoms with Gasteiger partial charge in [0.1, 0.15) is 11.6 Å². The van der Waals surface area contributed by atoms with E-state index in [1.807, 2.05) is 6.07 Å². The summed E-state index contributed by atoms with van der Waals surface area (Å²) in [6.07, 6.45) is 4.23. The van der Waals surface area contributed by atoms with Crippen molar-refractivity contribution < 1.29 is 9.13 Å². The van der Waals surface area contributed by atoms with E-state index < -0.39 is 0 Å². The predicted octanol–water partition coefficient (Wildman–Crippen LogP) is 4.17. The van der Waals surface area contributed by atoms with Crippen molar-refractivity contribution in [1.29, 1.82) is 0 Å². The average Bonchev–Trinajstić information content (AvgIpc) is 3.19. The molecule has 3 rings (SSSR count). The monoisotopic (exact) mass is 527 g/mol. The maximum atomic E-state index is 13.2. The molecule has 2 heterocycles. The highest BCUT2D eigenvalue weighted by Gasteiger charge is 2.22. The fourth-order valence-corrected chi connectivity index (χ4v) is 3.49. The van der Waals surface area contributed by atoms with Gasteiger partial charge in [-0.3, -0.25) is 4.90 Å². The quantitative estimate of drug-likeness (QED) is 0.307. The van der Waals surface area contributed by atoms with Crippen LogP contribution in [0.2, 0.25) is 0 Å². The highest BCUT2D eigenvalue weighted by atomic mass is 127. The molecule has 0 bridgehead atoms.